The number of ether oxygens (including phenoxy) is 1. The van der Waals surface area contributed by atoms with E-state index in [0.29, 0.717) is 28.0 Å². The molecule has 35 heavy (non-hydrogen) atoms. The van der Waals surface area contributed by atoms with Crippen LogP contribution < -0.4 is 15.3 Å². The third kappa shape index (κ3) is 5.99. The summed E-state index contributed by atoms with van der Waals surface area (Å²) in [6.45, 7) is 1.61. The first kappa shape index (κ1) is 25.5. The number of hydrogen-bond acceptors (Lipinski definition) is 9. The van der Waals surface area contributed by atoms with Gasteiger partial charge in [-0.05, 0) is 37.6 Å². The molecule has 186 valence electrons. The van der Waals surface area contributed by atoms with E-state index in [9.17, 15) is 9.36 Å². The minimum absolute atomic E-state index is 0.0465. The number of fused-ring (bicyclic) bond motifs is 1. The number of esters is 1. The molecule has 0 saturated heterocycles. The zero-order valence-electron chi connectivity index (χ0n) is 18.9. The number of nitrogens with two attached hydrogens (primary N) is 1. The van der Waals surface area contributed by atoms with Crippen molar-refractivity contribution in [2.24, 2.45) is 5.92 Å². The van der Waals surface area contributed by atoms with Gasteiger partial charge >= 0.3 is 13.7 Å². The van der Waals surface area contributed by atoms with Crippen molar-refractivity contribution in [2.75, 3.05) is 19.5 Å². The number of carbonyl (C=O) groups excluding carboxylic acids is 1. The Kier molecular flexibility index (Phi) is 7.72. The van der Waals surface area contributed by atoms with E-state index >= 15 is 0 Å². The molecule has 11 nitrogen and oxygen atoms in total. The molecule has 1 unspecified atom stereocenters. The standard InChI is InChI=1S/C21H24BrN6O5PS/c1-12(20(29)31-2)27-34(30,33-16-7-4-14(22)5-8-16)32-10-13-3-6-15(9-13)28-11-24-17-18(28)25-21(23)26-19(17)35/h3-8,11-13,15H,9-10H2,1-2H3,(H,27,30)(H3,23,25,26,35)/t12-,13+,15-,34?/m0/s1. The van der Waals surface area contributed by atoms with Gasteiger partial charge in [0.2, 0.25) is 0 Å². The van der Waals surface area contributed by atoms with Crippen LogP contribution in [0.5, 0.6) is 5.75 Å². The van der Waals surface area contributed by atoms with Gasteiger partial charge in [-0.3, -0.25) is 9.32 Å². The lowest BCUT2D eigenvalue weighted by Crippen LogP contribution is -2.34. The summed E-state index contributed by atoms with van der Waals surface area (Å²) in [5, 5.41) is 2.65. The van der Waals surface area contributed by atoms with Crippen molar-refractivity contribution in [1.29, 1.82) is 0 Å². The summed E-state index contributed by atoms with van der Waals surface area (Å²) >= 11 is 8.59. The quantitative estimate of drug-likeness (QED) is 0.144. The number of imidazole rings is 1. The van der Waals surface area contributed by atoms with Gasteiger partial charge in [0.25, 0.3) is 0 Å². The lowest BCUT2D eigenvalue weighted by molar-refractivity contribution is -0.142. The van der Waals surface area contributed by atoms with Crippen molar-refractivity contribution in [1.82, 2.24) is 24.6 Å². The lowest BCUT2D eigenvalue weighted by atomic mass is 10.1. The molecule has 4 N–H and O–H groups in total. The highest BCUT2D eigenvalue weighted by molar-refractivity contribution is 9.10. The fourth-order valence-corrected chi connectivity index (χ4v) is 5.73. The van der Waals surface area contributed by atoms with Crippen LogP contribution in [0.25, 0.3) is 11.2 Å². The largest absolute Gasteiger partial charge is 0.468 e. The van der Waals surface area contributed by atoms with Gasteiger partial charge in [0, 0.05) is 10.4 Å². The monoisotopic (exact) mass is 582 g/mol. The van der Waals surface area contributed by atoms with Crippen LogP contribution in [-0.4, -0.2) is 45.2 Å². The van der Waals surface area contributed by atoms with Gasteiger partial charge in [-0.2, -0.15) is 5.09 Å². The number of anilines is 1. The van der Waals surface area contributed by atoms with Crippen LogP contribution in [-0.2, 0) is 18.6 Å². The first-order chi connectivity index (χ1) is 16.7. The van der Waals surface area contributed by atoms with E-state index in [1.165, 1.54) is 14.0 Å². The van der Waals surface area contributed by atoms with Crippen molar-refractivity contribution in [3.05, 3.63) is 51.9 Å². The summed E-state index contributed by atoms with van der Waals surface area (Å²) in [4.78, 5) is 23.3. The molecule has 4 atom stereocenters. The van der Waals surface area contributed by atoms with Crippen LogP contribution in [0.3, 0.4) is 0 Å². The van der Waals surface area contributed by atoms with E-state index < -0.39 is 19.8 Å². The minimum Gasteiger partial charge on any atom is -0.468 e. The van der Waals surface area contributed by atoms with Crippen LogP contribution in [0.15, 0.2) is 47.2 Å². The fourth-order valence-electron chi connectivity index (χ4n) is 3.67. The highest BCUT2D eigenvalue weighted by Gasteiger charge is 2.34. The van der Waals surface area contributed by atoms with Crippen LogP contribution in [0.2, 0.25) is 0 Å². The molecule has 1 aliphatic carbocycles. The van der Waals surface area contributed by atoms with E-state index in [1.807, 2.05) is 16.7 Å². The molecule has 14 heteroatoms. The van der Waals surface area contributed by atoms with E-state index in [1.54, 1.807) is 30.6 Å². The number of halogens is 1. The zero-order chi connectivity index (χ0) is 25.2. The topological polar surface area (TPSA) is 146 Å². The third-order valence-corrected chi connectivity index (χ3v) is 7.83. The highest BCUT2D eigenvalue weighted by atomic mass is 79.9. The smallest absolute Gasteiger partial charge is 0.459 e. The lowest BCUT2D eigenvalue weighted by Gasteiger charge is -2.24. The van der Waals surface area contributed by atoms with E-state index in [-0.39, 0.29) is 24.5 Å². The molecule has 0 fully saturated rings. The van der Waals surface area contributed by atoms with E-state index in [0.717, 1.165) is 4.47 Å². The number of aromatic amines is 1. The Hall–Kier alpha value is -2.57. The summed E-state index contributed by atoms with van der Waals surface area (Å²) < 4.78 is 32.8. The predicted molar refractivity (Wildman–Crippen MR) is 136 cm³/mol. The van der Waals surface area contributed by atoms with Gasteiger partial charge in [0.1, 0.15) is 23.0 Å². The predicted octanol–water partition coefficient (Wildman–Crippen LogP) is 4.31. The highest BCUT2D eigenvalue weighted by Crippen LogP contribution is 2.46. The normalized spacial score (nSPS) is 20.0. The maximum atomic E-state index is 13.6. The number of aromatic nitrogens is 4. The van der Waals surface area contributed by atoms with Crippen molar-refractivity contribution >= 4 is 59.0 Å². The van der Waals surface area contributed by atoms with Gasteiger partial charge in [0.05, 0.1) is 26.1 Å². The third-order valence-electron chi connectivity index (χ3n) is 5.38. The van der Waals surface area contributed by atoms with Crippen LogP contribution in [0, 0.1) is 10.6 Å². The van der Waals surface area contributed by atoms with E-state index in [2.05, 4.69) is 36.0 Å². The molecule has 0 amide bonds. The van der Waals surface area contributed by atoms with Gasteiger partial charge in [-0.25, -0.2) is 14.5 Å². The summed E-state index contributed by atoms with van der Waals surface area (Å²) in [7, 11) is -2.68. The molecular weight excluding hydrogens is 559 g/mol. The van der Waals surface area contributed by atoms with Gasteiger partial charge < -0.3 is 24.5 Å². The van der Waals surface area contributed by atoms with Crippen molar-refractivity contribution in [3.63, 3.8) is 0 Å². The van der Waals surface area contributed by atoms with Gasteiger partial charge in [-0.1, -0.05) is 40.3 Å². The average molecular weight is 583 g/mol. The number of H-pyrrole nitrogens is 1. The number of hydrogen-bond donors (Lipinski definition) is 3. The molecular formula is C21H24BrN6O5PS. The molecule has 0 radical (unpaired) electrons. The molecule has 1 aromatic carbocycles. The van der Waals surface area contributed by atoms with Gasteiger partial charge in [0.15, 0.2) is 10.6 Å². The number of rotatable bonds is 9. The molecule has 4 rings (SSSR count). The van der Waals surface area contributed by atoms with Gasteiger partial charge in [-0.15, -0.1) is 0 Å². The summed E-state index contributed by atoms with van der Waals surface area (Å²) in [5.74, 6) is -0.126. The van der Waals surface area contributed by atoms with Crippen molar-refractivity contribution in [2.45, 2.75) is 25.4 Å². The molecule has 0 aliphatic heterocycles. The molecule has 0 spiro atoms. The number of nitrogen functional groups attached to an aromatic ring is 1. The first-order valence-corrected chi connectivity index (χ1v) is 13.4. The first-order valence-electron chi connectivity index (χ1n) is 10.6. The number of methoxy groups -OCH3 is 1. The number of benzene rings is 1. The number of nitrogens with one attached hydrogen (secondary N) is 2. The Balaban J connectivity index is 1.46. The Labute approximate surface area is 214 Å². The Morgan fingerprint density at radius 2 is 2.14 bits per heavy atom. The second-order valence-corrected chi connectivity index (χ2v) is 10.9. The summed E-state index contributed by atoms with van der Waals surface area (Å²) in [6.07, 6.45) is 6.31. The Bertz CT molecular complexity index is 1360. The Morgan fingerprint density at radius 1 is 1.40 bits per heavy atom. The molecule has 1 aliphatic rings. The fraction of sp³-hybridized carbons (Fsp3) is 0.333. The average Bonchev–Trinajstić information content (AvgIpc) is 3.45. The number of carbonyl (C=O) groups is 1. The maximum Gasteiger partial charge on any atom is 0.459 e. The van der Waals surface area contributed by atoms with Crippen molar-refractivity contribution < 1.29 is 23.1 Å². The summed E-state index contributed by atoms with van der Waals surface area (Å²) in [6, 6.07) is 5.82. The summed E-state index contributed by atoms with van der Waals surface area (Å²) in [5.41, 5.74) is 7.06. The molecule has 0 bridgehead atoms. The molecule has 0 saturated carbocycles. The Morgan fingerprint density at radius 3 is 2.86 bits per heavy atom. The molecule has 2 aromatic heterocycles. The van der Waals surface area contributed by atoms with Crippen LogP contribution in [0.4, 0.5) is 5.95 Å². The number of allylic oxidation sites excluding steroid dienone is 1. The molecule has 2 heterocycles. The minimum atomic E-state index is -3.93. The molecule has 3 aromatic rings. The van der Waals surface area contributed by atoms with Crippen molar-refractivity contribution in [3.8, 4) is 5.75 Å². The zero-order valence-corrected chi connectivity index (χ0v) is 22.2. The van der Waals surface area contributed by atoms with Crippen LogP contribution in [0.1, 0.15) is 19.4 Å². The van der Waals surface area contributed by atoms with E-state index in [4.69, 9.17) is 31.7 Å². The second-order valence-electron chi connectivity index (χ2n) is 7.94. The SMILES string of the molecule is COC(=O)[C@H](C)NP(=O)(OC[C@@H]1C=C[C@H](n2cnc3c(=S)nc(N)[nH]c32)C1)Oc1ccc(Br)cc1. The maximum absolute atomic E-state index is 13.6. The van der Waals surface area contributed by atoms with Crippen LogP contribution >= 0.6 is 35.9 Å². The second kappa shape index (κ2) is 10.6. The number of nitrogens with zero attached hydrogens (tertiary/aromatic N) is 3.